The van der Waals surface area contributed by atoms with E-state index >= 15 is 0 Å². The van der Waals surface area contributed by atoms with Gasteiger partial charge in [0.15, 0.2) is 16.6 Å². The van der Waals surface area contributed by atoms with E-state index < -0.39 is 0 Å². The summed E-state index contributed by atoms with van der Waals surface area (Å²) < 4.78 is 6.88. The zero-order valence-electron chi connectivity index (χ0n) is 16.9. The van der Waals surface area contributed by atoms with Crippen molar-refractivity contribution in [1.29, 1.82) is 0 Å². The van der Waals surface area contributed by atoms with Gasteiger partial charge in [-0.3, -0.25) is 4.79 Å². The Kier molecular flexibility index (Phi) is 5.35. The highest BCUT2D eigenvalue weighted by atomic mass is 32.2. The van der Waals surface area contributed by atoms with Crippen LogP contribution >= 0.6 is 11.8 Å². The van der Waals surface area contributed by atoms with Crippen LogP contribution in [-0.2, 0) is 16.1 Å². The Labute approximate surface area is 182 Å². The highest BCUT2D eigenvalue weighted by molar-refractivity contribution is 7.99. The van der Waals surface area contributed by atoms with Gasteiger partial charge in [-0.25, -0.2) is 15.0 Å². The number of carbonyl (C=O) groups is 1. The van der Waals surface area contributed by atoms with E-state index in [1.54, 1.807) is 22.8 Å². The molecule has 9 heteroatoms. The van der Waals surface area contributed by atoms with Crippen molar-refractivity contribution in [3.05, 3.63) is 66.0 Å². The number of para-hydroxylation sites is 1. The molecule has 0 saturated heterocycles. The van der Waals surface area contributed by atoms with Crippen LogP contribution in [0.5, 0.6) is 0 Å². The number of amides is 1. The molecule has 4 aromatic rings. The van der Waals surface area contributed by atoms with Gasteiger partial charge in [0.1, 0.15) is 6.61 Å². The van der Waals surface area contributed by atoms with Crippen molar-refractivity contribution >= 4 is 40.4 Å². The zero-order valence-corrected chi connectivity index (χ0v) is 17.7. The highest BCUT2D eigenvalue weighted by Gasteiger charge is 2.28. The lowest BCUT2D eigenvalue weighted by atomic mass is 10.0. The van der Waals surface area contributed by atoms with Gasteiger partial charge >= 0.3 is 0 Å². The number of methoxy groups -OCH3 is 1. The van der Waals surface area contributed by atoms with Gasteiger partial charge in [-0.15, -0.1) is 5.10 Å². The van der Waals surface area contributed by atoms with E-state index in [0.29, 0.717) is 29.7 Å². The number of fused-ring (bicyclic) bond motifs is 3. The van der Waals surface area contributed by atoms with Gasteiger partial charge < -0.3 is 4.74 Å². The Balaban J connectivity index is 1.42. The minimum Gasteiger partial charge on any atom is -0.377 e. The molecule has 0 aliphatic carbocycles. The number of nitrogens with zero attached hydrogens (tertiary/aromatic N) is 6. The molecular formula is C22H20N6O2S. The molecule has 5 rings (SSSR count). The number of aromatic nitrogens is 4. The summed E-state index contributed by atoms with van der Waals surface area (Å²) in [5.74, 6) is 0.690. The molecule has 1 unspecified atom stereocenters. The average molecular weight is 433 g/mol. The number of ether oxygens (including phenoxy) is 1. The number of carbonyl (C=O) groups excluding carboxylic acids is 1. The fourth-order valence-electron chi connectivity index (χ4n) is 3.66. The topological polar surface area (TPSA) is 85.0 Å². The van der Waals surface area contributed by atoms with Crippen LogP contribution in [0, 0.1) is 0 Å². The van der Waals surface area contributed by atoms with E-state index in [1.807, 2.05) is 54.6 Å². The largest absolute Gasteiger partial charge is 0.377 e. The molecule has 0 saturated carbocycles. The van der Waals surface area contributed by atoms with Crippen LogP contribution in [0.25, 0.3) is 16.6 Å². The molecule has 8 nitrogen and oxygen atoms in total. The Morgan fingerprint density at radius 2 is 1.94 bits per heavy atom. The van der Waals surface area contributed by atoms with Crippen LogP contribution in [0.4, 0.5) is 0 Å². The monoisotopic (exact) mass is 432 g/mol. The lowest BCUT2D eigenvalue weighted by Crippen LogP contribution is -2.28. The summed E-state index contributed by atoms with van der Waals surface area (Å²) in [6, 6.07) is 17.7. The number of hydrogen-bond acceptors (Lipinski definition) is 7. The Morgan fingerprint density at radius 3 is 2.77 bits per heavy atom. The second kappa shape index (κ2) is 8.44. The Hall–Kier alpha value is -3.30. The number of hydrazone groups is 1. The summed E-state index contributed by atoms with van der Waals surface area (Å²) in [6.07, 6.45) is 2.50. The van der Waals surface area contributed by atoms with Crippen LogP contribution in [0.1, 0.15) is 23.9 Å². The van der Waals surface area contributed by atoms with Gasteiger partial charge in [-0.05, 0) is 17.7 Å². The predicted molar refractivity (Wildman–Crippen MR) is 119 cm³/mol. The molecular weight excluding hydrogens is 412 g/mol. The Morgan fingerprint density at radius 1 is 1.13 bits per heavy atom. The van der Waals surface area contributed by atoms with Gasteiger partial charge in [-0.2, -0.15) is 9.62 Å². The SMILES string of the molecule is COCc1nc2c3ccccc3nc(SCC(=O)N3N=CCC3c3ccccc3)n2n1. The molecule has 1 aliphatic heterocycles. The number of benzene rings is 2. The first kappa shape index (κ1) is 19.7. The lowest BCUT2D eigenvalue weighted by molar-refractivity contribution is -0.130. The Bertz CT molecular complexity index is 1270. The minimum atomic E-state index is -0.0760. The summed E-state index contributed by atoms with van der Waals surface area (Å²) in [5, 5.41) is 11.9. The van der Waals surface area contributed by atoms with E-state index in [0.717, 1.165) is 16.5 Å². The standard InChI is InChI=1S/C22H20N6O2S/c1-30-13-19-25-21-16-9-5-6-10-17(16)24-22(28(21)26-19)31-14-20(29)27-18(11-12-23-27)15-7-3-2-4-8-15/h2-10,12,18H,11,13-14H2,1H3. The average Bonchev–Trinajstić information content (AvgIpc) is 3.46. The molecule has 2 aromatic heterocycles. The van der Waals surface area contributed by atoms with Crippen molar-refractivity contribution in [3.63, 3.8) is 0 Å². The van der Waals surface area contributed by atoms with Gasteiger partial charge in [0.05, 0.1) is 17.3 Å². The number of hydrogen-bond donors (Lipinski definition) is 0. The molecule has 1 amide bonds. The summed E-state index contributed by atoms with van der Waals surface area (Å²) in [7, 11) is 1.61. The van der Waals surface area contributed by atoms with E-state index in [1.165, 1.54) is 11.8 Å². The normalized spacial score (nSPS) is 15.9. The summed E-state index contributed by atoms with van der Waals surface area (Å²) >= 11 is 1.33. The minimum absolute atomic E-state index is 0.0708. The highest BCUT2D eigenvalue weighted by Crippen LogP contribution is 2.30. The maximum atomic E-state index is 13.0. The first-order valence-corrected chi connectivity index (χ1v) is 10.9. The van der Waals surface area contributed by atoms with E-state index in [-0.39, 0.29) is 17.7 Å². The van der Waals surface area contributed by atoms with E-state index in [2.05, 4.69) is 15.2 Å². The van der Waals surface area contributed by atoms with Crippen molar-refractivity contribution in [2.45, 2.75) is 24.2 Å². The third kappa shape index (κ3) is 3.77. The first-order chi connectivity index (χ1) is 15.2. The van der Waals surface area contributed by atoms with Crippen LogP contribution in [-0.4, -0.2) is 49.6 Å². The molecule has 0 N–H and O–H groups in total. The maximum Gasteiger partial charge on any atom is 0.253 e. The van der Waals surface area contributed by atoms with Crippen LogP contribution < -0.4 is 0 Å². The third-order valence-corrected chi connectivity index (χ3v) is 5.97. The van der Waals surface area contributed by atoms with E-state index in [9.17, 15) is 4.79 Å². The smallest absolute Gasteiger partial charge is 0.253 e. The summed E-state index contributed by atoms with van der Waals surface area (Å²) in [6.45, 7) is 0.306. The number of thioether (sulfide) groups is 1. The summed E-state index contributed by atoms with van der Waals surface area (Å²) in [4.78, 5) is 22.3. The second-order valence-corrected chi connectivity index (χ2v) is 8.04. The quantitative estimate of drug-likeness (QED) is 0.343. The van der Waals surface area contributed by atoms with Crippen molar-refractivity contribution in [1.82, 2.24) is 24.6 Å². The fourth-order valence-corrected chi connectivity index (χ4v) is 4.45. The van der Waals surface area contributed by atoms with Gasteiger partial charge in [-0.1, -0.05) is 54.2 Å². The zero-order chi connectivity index (χ0) is 21.2. The molecule has 31 heavy (non-hydrogen) atoms. The van der Waals surface area contributed by atoms with Crippen LogP contribution in [0.3, 0.4) is 0 Å². The van der Waals surface area contributed by atoms with Crippen molar-refractivity contribution in [3.8, 4) is 0 Å². The van der Waals surface area contributed by atoms with E-state index in [4.69, 9.17) is 9.72 Å². The first-order valence-electron chi connectivity index (χ1n) is 9.90. The predicted octanol–water partition coefficient (Wildman–Crippen LogP) is 3.48. The molecule has 0 radical (unpaired) electrons. The van der Waals surface area contributed by atoms with Crippen molar-refractivity contribution in [2.24, 2.45) is 5.10 Å². The van der Waals surface area contributed by atoms with Crippen molar-refractivity contribution < 1.29 is 9.53 Å². The van der Waals surface area contributed by atoms with Gasteiger partial charge in [0, 0.05) is 25.1 Å². The van der Waals surface area contributed by atoms with Gasteiger partial charge in [0.25, 0.3) is 5.91 Å². The molecule has 2 aromatic carbocycles. The number of rotatable bonds is 6. The molecule has 1 atom stereocenters. The van der Waals surface area contributed by atoms with Crippen LogP contribution in [0.2, 0.25) is 0 Å². The molecule has 0 spiro atoms. The van der Waals surface area contributed by atoms with Crippen molar-refractivity contribution in [2.75, 3.05) is 12.9 Å². The summed E-state index contributed by atoms with van der Waals surface area (Å²) in [5.41, 5.74) is 2.58. The molecule has 3 heterocycles. The lowest BCUT2D eigenvalue weighted by Gasteiger charge is -2.22. The maximum absolute atomic E-state index is 13.0. The molecule has 1 aliphatic rings. The molecule has 0 fully saturated rings. The fraction of sp³-hybridized carbons (Fsp3) is 0.227. The molecule has 156 valence electrons. The van der Waals surface area contributed by atoms with Crippen LogP contribution in [0.15, 0.2) is 64.9 Å². The second-order valence-electron chi connectivity index (χ2n) is 7.10. The third-order valence-electron chi connectivity index (χ3n) is 5.06. The molecule has 0 bridgehead atoms. The van der Waals surface area contributed by atoms with Gasteiger partial charge in [0.2, 0.25) is 0 Å².